The molecule has 0 spiro atoms. The second kappa shape index (κ2) is 8.53. The Morgan fingerprint density at radius 2 is 1.08 bits per heavy atom. The molecule has 0 atom stereocenters. The summed E-state index contributed by atoms with van der Waals surface area (Å²) in [5.74, 6) is 0. The van der Waals surface area contributed by atoms with Crippen LogP contribution >= 0.6 is 0 Å². The lowest BCUT2D eigenvalue weighted by molar-refractivity contribution is 0.632. The number of rotatable bonds is 1. The van der Waals surface area contributed by atoms with E-state index in [4.69, 9.17) is 0 Å². The Labute approximate surface area is 227 Å². The molecule has 0 saturated carbocycles. The van der Waals surface area contributed by atoms with E-state index >= 15 is 0 Å². The van der Waals surface area contributed by atoms with Crippen LogP contribution in [0.5, 0.6) is 0 Å². The normalized spacial score (nSPS) is 14.0. The quantitative estimate of drug-likeness (QED) is 0.347. The van der Waals surface area contributed by atoms with E-state index in [1.54, 1.807) is 12.1 Å². The van der Waals surface area contributed by atoms with Gasteiger partial charge in [0, 0.05) is 23.8 Å². The maximum absolute atomic E-state index is 10.4. The topological polar surface area (TPSA) is 102 Å². The number of nitriles is 4. The summed E-state index contributed by atoms with van der Waals surface area (Å²) >= 11 is 0. The van der Waals surface area contributed by atoms with Crippen molar-refractivity contribution in [2.24, 2.45) is 0 Å². The van der Waals surface area contributed by atoms with Crippen LogP contribution in [0.4, 0.5) is 22.7 Å². The molecule has 182 valence electrons. The standard InChI is InChI=1S/C32H21BN6/c1-32(2)24-14-20(16-34)12-22(18-36)30(24)39(31-23(19-37)13-21(17-35)15-25(31)32)33-26-8-4-6-10-28(26)38(3)29-11-7-5-9-27(29)33/h4-15H,1-3H3. The summed E-state index contributed by atoms with van der Waals surface area (Å²) in [6, 6.07) is 32.3. The number of hydrogen-bond donors (Lipinski definition) is 0. The van der Waals surface area contributed by atoms with Gasteiger partial charge in [0.15, 0.2) is 0 Å². The number of nitrogens with zero attached hydrogens (tertiary/aromatic N) is 6. The van der Waals surface area contributed by atoms with Gasteiger partial charge < -0.3 is 9.71 Å². The second-order valence-corrected chi connectivity index (χ2v) is 10.4. The van der Waals surface area contributed by atoms with Gasteiger partial charge in [-0.3, -0.25) is 0 Å². The Hall–Kier alpha value is -5.50. The molecule has 0 bridgehead atoms. The smallest absolute Gasteiger partial charge is 0.332 e. The highest BCUT2D eigenvalue weighted by Crippen LogP contribution is 2.52. The van der Waals surface area contributed by atoms with E-state index in [0.29, 0.717) is 33.6 Å². The van der Waals surface area contributed by atoms with E-state index in [1.165, 1.54) is 0 Å². The van der Waals surface area contributed by atoms with Crippen molar-refractivity contribution in [1.82, 2.24) is 0 Å². The Bertz CT molecular complexity index is 1750. The van der Waals surface area contributed by atoms with Crippen LogP contribution in [0.1, 0.15) is 47.2 Å². The molecule has 0 N–H and O–H groups in total. The Morgan fingerprint density at radius 3 is 1.49 bits per heavy atom. The average molecular weight is 500 g/mol. The molecule has 0 unspecified atom stereocenters. The Kier molecular flexibility index (Phi) is 5.22. The van der Waals surface area contributed by atoms with Crippen LogP contribution in [0.3, 0.4) is 0 Å². The van der Waals surface area contributed by atoms with E-state index in [-0.39, 0.29) is 6.85 Å². The van der Waals surface area contributed by atoms with E-state index in [0.717, 1.165) is 33.4 Å². The van der Waals surface area contributed by atoms with Crippen molar-refractivity contribution < 1.29 is 0 Å². The molecule has 6 rings (SSSR count). The van der Waals surface area contributed by atoms with Crippen molar-refractivity contribution in [3.63, 3.8) is 0 Å². The van der Waals surface area contributed by atoms with Gasteiger partial charge in [-0.25, -0.2) is 0 Å². The highest BCUT2D eigenvalue weighted by Gasteiger charge is 2.46. The zero-order valence-electron chi connectivity index (χ0n) is 21.7. The van der Waals surface area contributed by atoms with Crippen LogP contribution in [0, 0.1) is 45.3 Å². The molecule has 2 aliphatic heterocycles. The van der Waals surface area contributed by atoms with Crippen LogP contribution in [0.2, 0.25) is 0 Å². The number of anilines is 4. The molecule has 7 heteroatoms. The molecule has 4 aromatic rings. The number of fused-ring (bicyclic) bond motifs is 4. The molecule has 2 heterocycles. The summed E-state index contributed by atoms with van der Waals surface area (Å²) in [5.41, 5.74) is 7.87. The minimum absolute atomic E-state index is 0.366. The Morgan fingerprint density at radius 1 is 0.641 bits per heavy atom. The first kappa shape index (κ1) is 23.9. The van der Waals surface area contributed by atoms with Gasteiger partial charge in [-0.05, 0) is 58.5 Å². The van der Waals surface area contributed by atoms with Crippen molar-refractivity contribution in [3.8, 4) is 24.3 Å². The van der Waals surface area contributed by atoms with Gasteiger partial charge in [0.2, 0.25) is 0 Å². The summed E-state index contributed by atoms with van der Waals surface area (Å²) in [6.07, 6.45) is 0. The van der Waals surface area contributed by atoms with Crippen molar-refractivity contribution in [3.05, 3.63) is 106 Å². The molecule has 0 aromatic heterocycles. The van der Waals surface area contributed by atoms with Gasteiger partial charge in [0.05, 0.1) is 45.8 Å². The molecular formula is C32H21BN6. The first-order valence-corrected chi connectivity index (χ1v) is 12.5. The SMILES string of the molecule is CN1c2ccccc2B(N2c3c(C#N)cc(C#N)cc3C(C)(C)c3cc(C#N)cc(C#N)c32)c2ccccc21. The lowest BCUT2D eigenvalue weighted by atomic mass is 9.45. The molecule has 6 nitrogen and oxygen atoms in total. The number of hydrogen-bond acceptors (Lipinski definition) is 6. The number of para-hydroxylation sites is 2. The largest absolute Gasteiger partial charge is 0.374 e. The van der Waals surface area contributed by atoms with Gasteiger partial charge in [-0.15, -0.1) is 0 Å². The molecule has 0 saturated heterocycles. The Balaban J connectivity index is 1.81. The van der Waals surface area contributed by atoms with E-state index in [2.05, 4.69) is 58.3 Å². The monoisotopic (exact) mass is 500 g/mol. The van der Waals surface area contributed by atoms with Crippen molar-refractivity contribution >= 4 is 40.5 Å². The summed E-state index contributed by atoms with van der Waals surface area (Å²) in [5, 5.41) is 40.4. The van der Waals surface area contributed by atoms with Gasteiger partial charge in [0.1, 0.15) is 12.1 Å². The average Bonchev–Trinajstić information content (AvgIpc) is 2.97. The van der Waals surface area contributed by atoms with E-state index in [1.807, 2.05) is 57.3 Å². The molecule has 0 radical (unpaired) electrons. The van der Waals surface area contributed by atoms with Crippen molar-refractivity contribution in [2.45, 2.75) is 19.3 Å². The third kappa shape index (κ3) is 3.25. The second-order valence-electron chi connectivity index (χ2n) is 10.4. The molecule has 0 fully saturated rings. The van der Waals surface area contributed by atoms with Crippen LogP contribution < -0.4 is 20.6 Å². The molecule has 2 aliphatic rings. The number of benzene rings is 4. The van der Waals surface area contributed by atoms with E-state index < -0.39 is 5.41 Å². The third-order valence-electron chi connectivity index (χ3n) is 7.99. The van der Waals surface area contributed by atoms with Crippen LogP contribution in [-0.2, 0) is 5.41 Å². The zero-order valence-corrected chi connectivity index (χ0v) is 21.7. The summed E-state index contributed by atoms with van der Waals surface area (Å²) in [4.78, 5) is 4.25. The maximum atomic E-state index is 10.4. The van der Waals surface area contributed by atoms with Gasteiger partial charge >= 0.3 is 6.85 Å². The molecule has 0 amide bonds. The predicted octanol–water partition coefficient (Wildman–Crippen LogP) is 4.84. The van der Waals surface area contributed by atoms with Crippen LogP contribution in [-0.4, -0.2) is 13.9 Å². The van der Waals surface area contributed by atoms with Gasteiger partial charge in [-0.2, -0.15) is 21.0 Å². The first-order chi connectivity index (χ1) is 18.8. The fourth-order valence-electron chi connectivity index (χ4n) is 6.18. The highest BCUT2D eigenvalue weighted by molar-refractivity contribution is 6.92. The molecule has 0 aliphatic carbocycles. The van der Waals surface area contributed by atoms with Gasteiger partial charge in [0.25, 0.3) is 0 Å². The lowest BCUT2D eigenvalue weighted by Crippen LogP contribution is -2.61. The highest BCUT2D eigenvalue weighted by atomic mass is 15.2. The van der Waals surface area contributed by atoms with Crippen LogP contribution in [0.15, 0.2) is 72.8 Å². The molecule has 39 heavy (non-hydrogen) atoms. The summed E-state index contributed by atoms with van der Waals surface area (Å²) in [7, 11) is 2.04. The van der Waals surface area contributed by atoms with E-state index in [9.17, 15) is 21.0 Å². The minimum Gasteiger partial charge on any atom is -0.374 e. The van der Waals surface area contributed by atoms with Crippen molar-refractivity contribution in [1.29, 1.82) is 21.0 Å². The maximum Gasteiger partial charge on any atom is 0.332 e. The first-order valence-electron chi connectivity index (χ1n) is 12.5. The lowest BCUT2D eigenvalue weighted by Gasteiger charge is -2.47. The fraction of sp³-hybridized carbons (Fsp3) is 0.125. The molecular weight excluding hydrogens is 479 g/mol. The zero-order chi connectivity index (χ0) is 27.5. The molecule has 4 aromatic carbocycles. The summed E-state index contributed by atoms with van der Waals surface area (Å²) < 4.78 is 0. The van der Waals surface area contributed by atoms with Gasteiger partial charge in [-0.1, -0.05) is 50.2 Å². The minimum atomic E-state index is -0.692. The predicted molar refractivity (Wildman–Crippen MR) is 152 cm³/mol. The summed E-state index contributed by atoms with van der Waals surface area (Å²) in [6.45, 7) is 3.66. The van der Waals surface area contributed by atoms with Crippen LogP contribution in [0.25, 0.3) is 0 Å². The van der Waals surface area contributed by atoms with Crippen molar-refractivity contribution in [2.75, 3.05) is 16.8 Å². The third-order valence-corrected chi connectivity index (χ3v) is 7.99. The fourth-order valence-corrected chi connectivity index (χ4v) is 6.18.